The van der Waals surface area contributed by atoms with Crippen LogP contribution in [0.1, 0.15) is 11.4 Å². The summed E-state index contributed by atoms with van der Waals surface area (Å²) >= 11 is 1.55. The van der Waals surface area contributed by atoms with Crippen molar-refractivity contribution in [3.63, 3.8) is 0 Å². The lowest BCUT2D eigenvalue weighted by atomic mass is 10.1. The van der Waals surface area contributed by atoms with Gasteiger partial charge in [-0.25, -0.2) is 0 Å². The maximum Gasteiger partial charge on any atom is 0.234 e. The predicted molar refractivity (Wildman–Crippen MR) is 101 cm³/mol. The molecule has 0 saturated carbocycles. The Morgan fingerprint density at radius 3 is 2.50 bits per heavy atom. The number of fused-ring (bicyclic) bond motifs is 1. The Kier molecular flexibility index (Phi) is 4.53. The second-order valence-corrected chi connectivity index (χ2v) is 6.73. The first-order valence-corrected chi connectivity index (χ1v) is 9.07. The Hall–Kier alpha value is -2.93. The summed E-state index contributed by atoms with van der Waals surface area (Å²) in [4.78, 5) is 0.811. The van der Waals surface area contributed by atoms with E-state index in [9.17, 15) is 0 Å². The van der Waals surface area contributed by atoms with Crippen molar-refractivity contribution in [2.24, 2.45) is 0 Å². The van der Waals surface area contributed by atoms with Crippen molar-refractivity contribution in [2.75, 3.05) is 14.2 Å². The van der Waals surface area contributed by atoms with Crippen LogP contribution in [0.15, 0.2) is 48.5 Å². The van der Waals surface area contributed by atoms with Gasteiger partial charge in [0.1, 0.15) is 5.01 Å². The molecule has 2 heterocycles. The third-order valence-corrected chi connectivity index (χ3v) is 5.11. The first-order valence-electron chi connectivity index (χ1n) is 8.26. The van der Waals surface area contributed by atoms with Crippen LogP contribution in [0.3, 0.4) is 0 Å². The number of hydrogen-bond acceptors (Lipinski definition) is 6. The van der Waals surface area contributed by atoms with Crippen LogP contribution in [-0.4, -0.2) is 34.0 Å². The highest BCUT2D eigenvalue weighted by atomic mass is 32.1. The van der Waals surface area contributed by atoms with E-state index in [1.54, 1.807) is 25.6 Å². The van der Waals surface area contributed by atoms with Gasteiger partial charge in [-0.15, -0.1) is 10.2 Å². The number of aryl methyl sites for hydroxylation is 2. The van der Waals surface area contributed by atoms with Crippen LogP contribution in [0.5, 0.6) is 11.5 Å². The number of benzene rings is 2. The van der Waals surface area contributed by atoms with Crippen molar-refractivity contribution >= 4 is 16.3 Å². The van der Waals surface area contributed by atoms with E-state index in [1.807, 2.05) is 40.9 Å². The molecule has 0 N–H and O–H groups in total. The number of ether oxygens (including phenoxy) is 2. The van der Waals surface area contributed by atoms with Crippen molar-refractivity contribution in [3.8, 4) is 22.1 Å². The van der Waals surface area contributed by atoms with Crippen LogP contribution >= 0.6 is 11.3 Å². The number of hydrogen-bond donors (Lipinski definition) is 0. The zero-order chi connectivity index (χ0) is 17.9. The molecule has 4 aromatic rings. The molecule has 0 aliphatic heterocycles. The van der Waals surface area contributed by atoms with E-state index in [0.717, 1.165) is 51.3 Å². The van der Waals surface area contributed by atoms with Gasteiger partial charge < -0.3 is 9.47 Å². The van der Waals surface area contributed by atoms with Gasteiger partial charge in [-0.3, -0.25) is 0 Å². The van der Waals surface area contributed by atoms with Crippen molar-refractivity contribution in [1.29, 1.82) is 0 Å². The average molecular weight is 366 g/mol. The van der Waals surface area contributed by atoms with E-state index in [4.69, 9.17) is 9.47 Å². The van der Waals surface area contributed by atoms with Gasteiger partial charge in [-0.05, 0) is 24.1 Å². The van der Waals surface area contributed by atoms with Gasteiger partial charge >= 0.3 is 0 Å². The average Bonchev–Trinajstić information content (AvgIpc) is 3.28. The number of nitrogens with zero attached hydrogens (tertiary/aromatic N) is 4. The largest absolute Gasteiger partial charge is 0.493 e. The maximum atomic E-state index is 5.37. The zero-order valence-electron chi connectivity index (χ0n) is 14.5. The molecule has 132 valence electrons. The minimum Gasteiger partial charge on any atom is -0.493 e. The van der Waals surface area contributed by atoms with E-state index in [2.05, 4.69) is 27.4 Å². The first-order chi connectivity index (χ1) is 12.8. The zero-order valence-corrected chi connectivity index (χ0v) is 15.4. The summed E-state index contributed by atoms with van der Waals surface area (Å²) in [6.45, 7) is 0. The lowest BCUT2D eigenvalue weighted by Gasteiger charge is -2.09. The summed E-state index contributed by atoms with van der Waals surface area (Å²) < 4.78 is 12.5. The third kappa shape index (κ3) is 3.13. The van der Waals surface area contributed by atoms with Gasteiger partial charge in [0.15, 0.2) is 17.3 Å². The minimum absolute atomic E-state index is 0.730. The highest BCUT2D eigenvalue weighted by Crippen LogP contribution is 2.28. The van der Waals surface area contributed by atoms with Gasteiger partial charge in [-0.1, -0.05) is 47.7 Å². The molecule has 0 radical (unpaired) electrons. The number of aromatic nitrogens is 4. The van der Waals surface area contributed by atoms with Crippen molar-refractivity contribution in [1.82, 2.24) is 19.8 Å². The maximum absolute atomic E-state index is 5.37. The van der Waals surface area contributed by atoms with Gasteiger partial charge in [0.2, 0.25) is 4.96 Å². The summed E-state index contributed by atoms with van der Waals surface area (Å²) in [7, 11) is 3.28. The Bertz CT molecular complexity index is 1030. The predicted octanol–water partition coefficient (Wildman–Crippen LogP) is 3.66. The molecule has 4 rings (SSSR count). The van der Waals surface area contributed by atoms with E-state index >= 15 is 0 Å². The Morgan fingerprint density at radius 1 is 0.923 bits per heavy atom. The van der Waals surface area contributed by atoms with E-state index in [0.29, 0.717) is 0 Å². The molecule has 0 saturated heterocycles. The Balaban J connectivity index is 1.55. The van der Waals surface area contributed by atoms with Crippen molar-refractivity contribution < 1.29 is 9.47 Å². The normalized spacial score (nSPS) is 11.0. The Morgan fingerprint density at radius 2 is 1.73 bits per heavy atom. The topological polar surface area (TPSA) is 61.5 Å². The van der Waals surface area contributed by atoms with Gasteiger partial charge in [0.25, 0.3) is 0 Å². The van der Waals surface area contributed by atoms with Crippen LogP contribution in [0, 0.1) is 0 Å². The number of methoxy groups -OCH3 is 2. The molecule has 0 aliphatic rings. The van der Waals surface area contributed by atoms with Crippen LogP contribution in [0.2, 0.25) is 0 Å². The highest BCUT2D eigenvalue weighted by Gasteiger charge is 2.13. The standard InChI is InChI=1S/C19H18N4O2S/c1-24-15-10-8-13(12-16(15)25-2)9-11-17-20-21-19-23(17)22-18(26-19)14-6-4-3-5-7-14/h3-8,10,12H,9,11H2,1-2H3. The van der Waals surface area contributed by atoms with Crippen molar-refractivity contribution in [3.05, 3.63) is 59.9 Å². The van der Waals surface area contributed by atoms with Gasteiger partial charge in [-0.2, -0.15) is 9.61 Å². The molecule has 26 heavy (non-hydrogen) atoms. The summed E-state index contributed by atoms with van der Waals surface area (Å²) in [5.74, 6) is 2.32. The minimum atomic E-state index is 0.730. The molecule has 0 bridgehead atoms. The molecule has 0 aliphatic carbocycles. The van der Waals surface area contributed by atoms with Gasteiger partial charge in [0.05, 0.1) is 14.2 Å². The first kappa shape index (κ1) is 16.5. The summed E-state index contributed by atoms with van der Waals surface area (Å²) in [5, 5.41) is 14.2. The molecule has 0 spiro atoms. The summed E-state index contributed by atoms with van der Waals surface area (Å²) in [6, 6.07) is 16.1. The molecule has 2 aromatic carbocycles. The molecule has 0 atom stereocenters. The van der Waals surface area contributed by atoms with E-state index < -0.39 is 0 Å². The molecule has 0 amide bonds. The molecule has 2 aromatic heterocycles. The lowest BCUT2D eigenvalue weighted by molar-refractivity contribution is 0.354. The second-order valence-electron chi connectivity index (χ2n) is 5.77. The molecular weight excluding hydrogens is 348 g/mol. The smallest absolute Gasteiger partial charge is 0.234 e. The lowest BCUT2D eigenvalue weighted by Crippen LogP contribution is -2.00. The molecule has 0 fully saturated rings. The van der Waals surface area contributed by atoms with Crippen LogP contribution in [-0.2, 0) is 12.8 Å². The van der Waals surface area contributed by atoms with Gasteiger partial charge in [0, 0.05) is 12.0 Å². The fraction of sp³-hybridized carbons (Fsp3) is 0.211. The molecular formula is C19H18N4O2S. The fourth-order valence-corrected chi connectivity index (χ4v) is 3.67. The SMILES string of the molecule is COc1ccc(CCc2nnc3sc(-c4ccccc4)nn23)cc1OC. The molecule has 7 heteroatoms. The third-order valence-electron chi connectivity index (χ3n) is 4.16. The fourth-order valence-electron chi connectivity index (χ4n) is 2.80. The van der Waals surface area contributed by atoms with E-state index in [1.165, 1.54) is 0 Å². The molecule has 0 unspecified atom stereocenters. The van der Waals surface area contributed by atoms with Crippen LogP contribution < -0.4 is 9.47 Å². The van der Waals surface area contributed by atoms with Crippen LogP contribution in [0.25, 0.3) is 15.5 Å². The second kappa shape index (κ2) is 7.13. The highest BCUT2D eigenvalue weighted by molar-refractivity contribution is 7.19. The monoisotopic (exact) mass is 366 g/mol. The summed E-state index contributed by atoms with van der Waals surface area (Å²) in [5.41, 5.74) is 2.24. The Labute approximate surface area is 155 Å². The quantitative estimate of drug-likeness (QED) is 0.521. The van der Waals surface area contributed by atoms with E-state index in [-0.39, 0.29) is 0 Å². The molecule has 6 nitrogen and oxygen atoms in total. The van der Waals surface area contributed by atoms with Crippen LogP contribution in [0.4, 0.5) is 0 Å². The number of rotatable bonds is 6. The summed E-state index contributed by atoms with van der Waals surface area (Å²) in [6.07, 6.45) is 1.56. The van der Waals surface area contributed by atoms with Crippen molar-refractivity contribution in [2.45, 2.75) is 12.8 Å².